The summed E-state index contributed by atoms with van der Waals surface area (Å²) in [6.07, 6.45) is 7.04. The van der Waals surface area contributed by atoms with E-state index >= 15 is 0 Å². The predicted molar refractivity (Wildman–Crippen MR) is 111 cm³/mol. The number of amides is 2. The monoisotopic (exact) mass is 389 g/mol. The van der Waals surface area contributed by atoms with E-state index in [2.05, 4.69) is 10.2 Å². The molecular formula is C22H35N3O3. The maximum atomic E-state index is 11.9. The van der Waals surface area contributed by atoms with Crippen molar-refractivity contribution >= 4 is 6.03 Å². The van der Waals surface area contributed by atoms with Crippen molar-refractivity contribution < 1.29 is 14.3 Å². The van der Waals surface area contributed by atoms with Crippen LogP contribution in [-0.4, -0.2) is 67.8 Å². The first-order valence-corrected chi connectivity index (χ1v) is 10.9. The third-order valence-corrected chi connectivity index (χ3v) is 5.52. The number of benzene rings is 1. The molecule has 0 unspecified atom stereocenters. The van der Waals surface area contributed by atoms with Crippen molar-refractivity contribution in [3.8, 4) is 11.5 Å². The summed E-state index contributed by atoms with van der Waals surface area (Å²) in [5.41, 5.74) is 0. The van der Waals surface area contributed by atoms with E-state index in [1.165, 1.54) is 32.4 Å². The average Bonchev–Trinajstić information content (AvgIpc) is 2.74. The van der Waals surface area contributed by atoms with Crippen LogP contribution >= 0.6 is 0 Å². The number of nitrogens with one attached hydrogen (secondary N) is 1. The van der Waals surface area contributed by atoms with Crippen molar-refractivity contribution in [1.82, 2.24) is 15.1 Å². The summed E-state index contributed by atoms with van der Waals surface area (Å²) in [6, 6.07) is 7.97. The highest BCUT2D eigenvalue weighted by molar-refractivity contribution is 5.74. The third kappa shape index (κ3) is 6.59. The Kier molecular flexibility index (Phi) is 8.27. The lowest BCUT2D eigenvalue weighted by atomic mass is 10.1. The first-order chi connectivity index (χ1) is 13.7. The van der Waals surface area contributed by atoms with Crippen LogP contribution < -0.4 is 14.8 Å². The molecule has 2 fully saturated rings. The second-order valence-electron chi connectivity index (χ2n) is 7.72. The minimum Gasteiger partial charge on any atom is -0.494 e. The molecule has 156 valence electrons. The quantitative estimate of drug-likeness (QED) is 0.691. The summed E-state index contributed by atoms with van der Waals surface area (Å²) < 4.78 is 12.0. The molecule has 0 spiro atoms. The van der Waals surface area contributed by atoms with Crippen LogP contribution in [0, 0.1) is 0 Å². The first-order valence-electron chi connectivity index (χ1n) is 10.9. The van der Waals surface area contributed by atoms with Gasteiger partial charge in [0.1, 0.15) is 17.6 Å². The second-order valence-corrected chi connectivity index (χ2v) is 7.72. The fraction of sp³-hybridized carbons (Fsp3) is 0.682. The topological polar surface area (TPSA) is 54.0 Å². The number of hydrogen-bond acceptors (Lipinski definition) is 4. The standard InChI is InChI=1S/C22H35N3O3/c1-2-23-22(26)25-16-11-21(12-17-25)28-20-9-7-19(8-10-20)27-18-6-15-24-13-4-3-5-14-24/h7-10,21H,2-6,11-18H2,1H3,(H,23,26). The van der Waals surface area contributed by atoms with Crippen LogP contribution in [0.2, 0.25) is 0 Å². The van der Waals surface area contributed by atoms with Crippen LogP contribution in [0.25, 0.3) is 0 Å². The summed E-state index contributed by atoms with van der Waals surface area (Å²) >= 11 is 0. The molecular weight excluding hydrogens is 354 g/mol. The Labute approximate surface area is 169 Å². The van der Waals surface area contributed by atoms with Gasteiger partial charge in [0.05, 0.1) is 6.61 Å². The van der Waals surface area contributed by atoms with Crippen LogP contribution in [0.4, 0.5) is 4.79 Å². The molecule has 3 rings (SSSR count). The van der Waals surface area contributed by atoms with Gasteiger partial charge in [-0.25, -0.2) is 4.79 Å². The summed E-state index contributed by atoms with van der Waals surface area (Å²) in [6.45, 7) is 8.48. The van der Waals surface area contributed by atoms with Crippen LogP contribution in [0.5, 0.6) is 11.5 Å². The molecule has 2 aliphatic heterocycles. The molecule has 1 N–H and O–H groups in total. The lowest BCUT2D eigenvalue weighted by molar-refractivity contribution is 0.111. The van der Waals surface area contributed by atoms with E-state index in [4.69, 9.17) is 9.47 Å². The van der Waals surface area contributed by atoms with Crippen molar-refractivity contribution in [1.29, 1.82) is 0 Å². The van der Waals surface area contributed by atoms with Crippen LogP contribution in [0.1, 0.15) is 45.4 Å². The zero-order chi connectivity index (χ0) is 19.6. The number of ether oxygens (including phenoxy) is 2. The van der Waals surface area contributed by atoms with Crippen LogP contribution in [0.3, 0.4) is 0 Å². The van der Waals surface area contributed by atoms with Gasteiger partial charge in [0, 0.05) is 39.0 Å². The Morgan fingerprint density at radius 2 is 1.71 bits per heavy atom. The Morgan fingerprint density at radius 1 is 1.04 bits per heavy atom. The number of carbonyl (C=O) groups is 1. The summed E-state index contributed by atoms with van der Waals surface area (Å²) in [7, 11) is 0. The van der Waals surface area contributed by atoms with Crippen molar-refractivity contribution in [3.63, 3.8) is 0 Å². The number of likely N-dealkylation sites (tertiary alicyclic amines) is 2. The molecule has 0 aromatic heterocycles. The SMILES string of the molecule is CCNC(=O)N1CCC(Oc2ccc(OCCCN3CCCCC3)cc2)CC1. The molecule has 0 bridgehead atoms. The van der Waals surface area contributed by atoms with Crippen molar-refractivity contribution in [3.05, 3.63) is 24.3 Å². The molecule has 2 heterocycles. The van der Waals surface area contributed by atoms with E-state index in [1.54, 1.807) is 0 Å². The minimum atomic E-state index is 0.0303. The number of piperidine rings is 2. The summed E-state index contributed by atoms with van der Waals surface area (Å²) in [4.78, 5) is 16.3. The third-order valence-electron chi connectivity index (χ3n) is 5.52. The van der Waals surface area contributed by atoms with Gasteiger partial charge in [-0.15, -0.1) is 0 Å². The zero-order valence-electron chi connectivity index (χ0n) is 17.2. The molecule has 0 aliphatic carbocycles. The highest BCUT2D eigenvalue weighted by atomic mass is 16.5. The van der Waals surface area contributed by atoms with E-state index in [-0.39, 0.29) is 12.1 Å². The smallest absolute Gasteiger partial charge is 0.317 e. The van der Waals surface area contributed by atoms with Gasteiger partial charge in [0.2, 0.25) is 0 Å². The molecule has 2 amide bonds. The largest absolute Gasteiger partial charge is 0.494 e. The van der Waals surface area contributed by atoms with E-state index in [9.17, 15) is 4.79 Å². The number of urea groups is 1. The number of carbonyl (C=O) groups excluding carboxylic acids is 1. The molecule has 0 atom stereocenters. The highest BCUT2D eigenvalue weighted by Crippen LogP contribution is 2.22. The molecule has 6 heteroatoms. The van der Waals surface area contributed by atoms with Gasteiger partial charge in [0.25, 0.3) is 0 Å². The fourth-order valence-corrected chi connectivity index (χ4v) is 3.91. The normalized spacial score (nSPS) is 18.7. The minimum absolute atomic E-state index is 0.0303. The second kappa shape index (κ2) is 11.1. The van der Waals surface area contributed by atoms with Crippen LogP contribution in [0.15, 0.2) is 24.3 Å². The van der Waals surface area contributed by atoms with E-state index in [0.29, 0.717) is 6.54 Å². The zero-order valence-corrected chi connectivity index (χ0v) is 17.2. The number of hydrogen-bond donors (Lipinski definition) is 1. The Balaban J connectivity index is 1.32. The summed E-state index contributed by atoms with van der Waals surface area (Å²) in [5.74, 6) is 1.77. The van der Waals surface area contributed by atoms with Crippen molar-refractivity contribution in [2.75, 3.05) is 45.9 Å². The van der Waals surface area contributed by atoms with Gasteiger partial charge >= 0.3 is 6.03 Å². The van der Waals surface area contributed by atoms with Gasteiger partial charge in [-0.3, -0.25) is 0 Å². The van der Waals surface area contributed by atoms with Crippen molar-refractivity contribution in [2.24, 2.45) is 0 Å². The molecule has 1 aromatic rings. The lowest BCUT2D eigenvalue weighted by Gasteiger charge is -2.32. The molecule has 1 aromatic carbocycles. The van der Waals surface area contributed by atoms with E-state index in [0.717, 1.165) is 57.0 Å². The van der Waals surface area contributed by atoms with Gasteiger partial charge in [-0.05, 0) is 63.5 Å². The van der Waals surface area contributed by atoms with Crippen molar-refractivity contribution in [2.45, 2.75) is 51.6 Å². The van der Waals surface area contributed by atoms with Gasteiger partial charge in [0.15, 0.2) is 0 Å². The summed E-state index contributed by atoms with van der Waals surface area (Å²) in [5, 5.41) is 2.86. The maximum Gasteiger partial charge on any atom is 0.317 e. The molecule has 2 saturated heterocycles. The fourth-order valence-electron chi connectivity index (χ4n) is 3.91. The Bertz CT molecular complexity index is 579. The van der Waals surface area contributed by atoms with E-state index in [1.807, 2.05) is 36.1 Å². The molecule has 2 aliphatic rings. The molecule has 28 heavy (non-hydrogen) atoms. The maximum absolute atomic E-state index is 11.9. The highest BCUT2D eigenvalue weighted by Gasteiger charge is 2.23. The van der Waals surface area contributed by atoms with Gasteiger partial charge in [-0.2, -0.15) is 0 Å². The van der Waals surface area contributed by atoms with Crippen LogP contribution in [-0.2, 0) is 0 Å². The Hall–Kier alpha value is -1.95. The predicted octanol–water partition coefficient (Wildman–Crippen LogP) is 3.51. The van der Waals surface area contributed by atoms with E-state index < -0.39 is 0 Å². The first kappa shape index (κ1) is 20.8. The van der Waals surface area contributed by atoms with Gasteiger partial charge in [-0.1, -0.05) is 6.42 Å². The number of rotatable bonds is 8. The number of nitrogens with zero attached hydrogens (tertiary/aromatic N) is 2. The molecule has 6 nitrogen and oxygen atoms in total. The lowest BCUT2D eigenvalue weighted by Crippen LogP contribution is -2.46. The Morgan fingerprint density at radius 3 is 2.39 bits per heavy atom. The molecule has 0 saturated carbocycles. The average molecular weight is 390 g/mol. The van der Waals surface area contributed by atoms with Gasteiger partial charge < -0.3 is 24.6 Å². The molecule has 0 radical (unpaired) electrons.